The Morgan fingerprint density at radius 3 is 2.96 bits per heavy atom. The maximum absolute atomic E-state index is 12.6. The van der Waals surface area contributed by atoms with E-state index in [1.807, 2.05) is 30.2 Å². The molecular weight excluding hydrogens is 308 g/mol. The Balaban J connectivity index is 1.72. The smallest absolute Gasteiger partial charge is 0.318 e. The third-order valence-electron chi connectivity index (χ3n) is 4.13. The standard InChI is InChI=1S/C17H22N4OS/c1-12-10-20(3)15-7-5-4-6-14(15)11-21(12)17(22)19-9-16-18-8-13(2)23-16/h4-8,12H,9-11H2,1-3H3,(H,19,22)/t12-/m0/s1. The number of amides is 2. The van der Waals surface area contributed by atoms with E-state index in [1.165, 1.54) is 11.3 Å². The fourth-order valence-corrected chi connectivity index (χ4v) is 3.68. The Bertz CT molecular complexity index is 699. The number of nitrogens with zero attached hydrogens (tertiary/aromatic N) is 3. The number of aromatic nitrogens is 1. The van der Waals surface area contributed by atoms with Gasteiger partial charge < -0.3 is 15.1 Å². The van der Waals surface area contributed by atoms with Gasteiger partial charge in [0.2, 0.25) is 0 Å². The molecule has 2 aromatic rings. The van der Waals surface area contributed by atoms with Crippen molar-refractivity contribution in [2.75, 3.05) is 18.5 Å². The molecule has 6 heteroatoms. The summed E-state index contributed by atoms with van der Waals surface area (Å²) in [4.78, 5) is 22.2. The lowest BCUT2D eigenvalue weighted by Gasteiger charge is -2.28. The minimum absolute atomic E-state index is 0.0320. The molecule has 1 aliphatic rings. The SMILES string of the molecule is Cc1cnc(CNC(=O)N2Cc3ccccc3N(C)C[C@@H]2C)s1. The van der Waals surface area contributed by atoms with Gasteiger partial charge in [0.15, 0.2) is 0 Å². The molecule has 0 spiro atoms. The number of thiazole rings is 1. The van der Waals surface area contributed by atoms with Crippen molar-refractivity contribution >= 4 is 23.1 Å². The van der Waals surface area contributed by atoms with Gasteiger partial charge in [-0.3, -0.25) is 0 Å². The third kappa shape index (κ3) is 3.47. The summed E-state index contributed by atoms with van der Waals surface area (Å²) in [6.07, 6.45) is 1.84. The number of carbonyl (C=O) groups is 1. The molecule has 0 saturated carbocycles. The summed E-state index contributed by atoms with van der Waals surface area (Å²) in [5.41, 5.74) is 2.38. The summed E-state index contributed by atoms with van der Waals surface area (Å²) in [6.45, 7) is 6.05. The number of hydrogen-bond donors (Lipinski definition) is 1. The van der Waals surface area contributed by atoms with E-state index in [4.69, 9.17) is 0 Å². The fraction of sp³-hybridized carbons (Fsp3) is 0.412. The highest BCUT2D eigenvalue weighted by Gasteiger charge is 2.26. The highest BCUT2D eigenvalue weighted by molar-refractivity contribution is 7.11. The first-order valence-electron chi connectivity index (χ1n) is 7.79. The van der Waals surface area contributed by atoms with Crippen LogP contribution < -0.4 is 10.2 Å². The minimum Gasteiger partial charge on any atom is -0.372 e. The highest BCUT2D eigenvalue weighted by Crippen LogP contribution is 2.26. The molecule has 0 bridgehead atoms. The number of hydrogen-bond acceptors (Lipinski definition) is 4. The van der Waals surface area contributed by atoms with E-state index >= 15 is 0 Å². The van der Waals surface area contributed by atoms with Gasteiger partial charge in [0.1, 0.15) is 5.01 Å². The zero-order valence-electron chi connectivity index (χ0n) is 13.7. The molecule has 1 aromatic carbocycles. The van der Waals surface area contributed by atoms with Crippen LogP contribution in [-0.4, -0.2) is 35.5 Å². The first kappa shape index (κ1) is 15.8. The Kier molecular flexibility index (Phi) is 4.52. The van der Waals surface area contributed by atoms with E-state index in [1.54, 1.807) is 11.3 Å². The predicted octanol–water partition coefficient (Wildman–Crippen LogP) is 3.00. The topological polar surface area (TPSA) is 48.5 Å². The van der Waals surface area contributed by atoms with E-state index in [9.17, 15) is 4.79 Å². The Morgan fingerprint density at radius 2 is 2.22 bits per heavy atom. The summed E-state index contributed by atoms with van der Waals surface area (Å²) in [7, 11) is 2.08. The average Bonchev–Trinajstić information content (AvgIpc) is 2.90. The van der Waals surface area contributed by atoms with E-state index in [0.29, 0.717) is 13.1 Å². The normalized spacial score (nSPS) is 17.6. The van der Waals surface area contributed by atoms with Gasteiger partial charge in [0.05, 0.1) is 6.54 Å². The first-order chi connectivity index (χ1) is 11.0. The quantitative estimate of drug-likeness (QED) is 0.921. The number of nitrogens with one attached hydrogen (secondary N) is 1. The van der Waals surface area contributed by atoms with Gasteiger partial charge in [0, 0.05) is 42.9 Å². The van der Waals surface area contributed by atoms with Gasteiger partial charge in [-0.1, -0.05) is 18.2 Å². The maximum Gasteiger partial charge on any atom is 0.318 e. The molecule has 1 aliphatic heterocycles. The number of rotatable bonds is 2. The summed E-state index contributed by atoms with van der Waals surface area (Å²) in [6, 6.07) is 8.38. The zero-order chi connectivity index (χ0) is 16.4. The zero-order valence-corrected chi connectivity index (χ0v) is 14.6. The van der Waals surface area contributed by atoms with Crippen molar-refractivity contribution in [2.24, 2.45) is 0 Å². The lowest BCUT2D eigenvalue weighted by molar-refractivity contribution is 0.178. The van der Waals surface area contributed by atoms with Gasteiger partial charge in [-0.25, -0.2) is 9.78 Å². The minimum atomic E-state index is -0.0320. The van der Waals surface area contributed by atoms with Crippen LogP contribution in [0.25, 0.3) is 0 Å². The molecular formula is C17H22N4OS. The average molecular weight is 330 g/mol. The Morgan fingerprint density at radius 1 is 1.43 bits per heavy atom. The molecule has 3 rings (SSSR count). The first-order valence-corrected chi connectivity index (χ1v) is 8.61. The lowest BCUT2D eigenvalue weighted by atomic mass is 10.1. The van der Waals surface area contributed by atoms with Crippen molar-refractivity contribution < 1.29 is 4.79 Å². The number of benzene rings is 1. The summed E-state index contributed by atoms with van der Waals surface area (Å²) >= 11 is 1.62. The van der Waals surface area contributed by atoms with Crippen LogP contribution in [0.5, 0.6) is 0 Å². The molecule has 0 fully saturated rings. The van der Waals surface area contributed by atoms with Gasteiger partial charge in [-0.2, -0.15) is 0 Å². The third-order valence-corrected chi connectivity index (χ3v) is 5.05. The second kappa shape index (κ2) is 6.58. The lowest BCUT2D eigenvalue weighted by Crippen LogP contribution is -2.46. The molecule has 23 heavy (non-hydrogen) atoms. The van der Waals surface area contributed by atoms with Gasteiger partial charge in [-0.05, 0) is 25.5 Å². The van der Waals surface area contributed by atoms with Gasteiger partial charge in [0.25, 0.3) is 0 Å². The van der Waals surface area contributed by atoms with Crippen LogP contribution in [0.4, 0.5) is 10.5 Å². The van der Waals surface area contributed by atoms with Gasteiger partial charge in [-0.15, -0.1) is 11.3 Å². The predicted molar refractivity (Wildman–Crippen MR) is 93.8 cm³/mol. The number of fused-ring (bicyclic) bond motifs is 1. The monoisotopic (exact) mass is 330 g/mol. The molecule has 0 radical (unpaired) electrons. The largest absolute Gasteiger partial charge is 0.372 e. The molecule has 2 amide bonds. The second-order valence-electron chi connectivity index (χ2n) is 6.01. The van der Waals surface area contributed by atoms with Crippen LogP contribution in [-0.2, 0) is 13.1 Å². The Hall–Kier alpha value is -2.08. The van der Waals surface area contributed by atoms with Crippen molar-refractivity contribution in [3.05, 3.63) is 45.9 Å². The van der Waals surface area contributed by atoms with Crippen LogP contribution in [0.3, 0.4) is 0 Å². The summed E-state index contributed by atoms with van der Waals surface area (Å²) < 4.78 is 0. The van der Waals surface area contributed by atoms with Crippen LogP contribution in [0.2, 0.25) is 0 Å². The number of likely N-dealkylation sites (N-methyl/N-ethyl adjacent to an activating group) is 1. The van der Waals surface area contributed by atoms with Crippen molar-refractivity contribution in [1.29, 1.82) is 0 Å². The van der Waals surface area contributed by atoms with Crippen molar-refractivity contribution in [2.45, 2.75) is 33.0 Å². The molecule has 0 unspecified atom stereocenters. The fourth-order valence-electron chi connectivity index (χ4n) is 2.96. The Labute approximate surface area is 140 Å². The molecule has 122 valence electrons. The van der Waals surface area contributed by atoms with Crippen molar-refractivity contribution in [1.82, 2.24) is 15.2 Å². The van der Waals surface area contributed by atoms with Crippen LogP contribution in [0, 0.1) is 6.92 Å². The van der Waals surface area contributed by atoms with Crippen LogP contribution >= 0.6 is 11.3 Å². The summed E-state index contributed by atoms with van der Waals surface area (Å²) in [5, 5.41) is 3.94. The summed E-state index contributed by atoms with van der Waals surface area (Å²) in [5.74, 6) is 0. The van der Waals surface area contributed by atoms with Crippen LogP contribution in [0.15, 0.2) is 30.5 Å². The second-order valence-corrected chi connectivity index (χ2v) is 7.33. The number of carbonyl (C=O) groups excluding carboxylic acids is 1. The number of aryl methyl sites for hydroxylation is 1. The van der Waals surface area contributed by atoms with E-state index in [-0.39, 0.29) is 12.1 Å². The number of para-hydroxylation sites is 1. The molecule has 1 N–H and O–H groups in total. The number of urea groups is 1. The molecule has 1 atom stereocenters. The van der Waals surface area contributed by atoms with Crippen molar-refractivity contribution in [3.63, 3.8) is 0 Å². The highest BCUT2D eigenvalue weighted by atomic mass is 32.1. The molecule has 2 heterocycles. The van der Waals surface area contributed by atoms with Crippen molar-refractivity contribution in [3.8, 4) is 0 Å². The van der Waals surface area contributed by atoms with E-state index in [0.717, 1.165) is 16.4 Å². The molecule has 0 aliphatic carbocycles. The van der Waals surface area contributed by atoms with E-state index in [2.05, 4.69) is 41.3 Å². The molecule has 0 saturated heterocycles. The maximum atomic E-state index is 12.6. The molecule has 1 aromatic heterocycles. The van der Waals surface area contributed by atoms with Gasteiger partial charge >= 0.3 is 6.03 Å². The number of anilines is 1. The van der Waals surface area contributed by atoms with Crippen LogP contribution in [0.1, 0.15) is 22.4 Å². The molecule has 5 nitrogen and oxygen atoms in total. The van der Waals surface area contributed by atoms with E-state index < -0.39 is 0 Å².